The van der Waals surface area contributed by atoms with Gasteiger partial charge in [0.15, 0.2) is 12.4 Å². The Morgan fingerprint density at radius 2 is 1.43 bits per heavy atom. The zero-order chi connectivity index (χ0) is 32.7. The molecule has 1 heterocycles. The quantitative estimate of drug-likeness (QED) is 0.0865. The SMILES string of the molecule is CO[C@@H]1O[C@H](COC(=O)c2ccccc2CN=[N+]=[N-])[C@@H](OCc2ccccc2)[C@H](OCc2ccccc2)[C@H]1OC(=O)CCC(C)=O. The molecule has 0 saturated carbocycles. The molecule has 0 spiro atoms. The maximum Gasteiger partial charge on any atom is 0.338 e. The highest BCUT2D eigenvalue weighted by atomic mass is 16.7. The molecule has 0 N–H and O–H groups in total. The van der Waals surface area contributed by atoms with Crippen molar-refractivity contribution in [3.05, 3.63) is 118 Å². The van der Waals surface area contributed by atoms with Crippen LogP contribution >= 0.6 is 0 Å². The first kappa shape index (κ1) is 34.3. The summed E-state index contributed by atoms with van der Waals surface area (Å²) in [6, 6.07) is 25.6. The predicted molar refractivity (Wildman–Crippen MR) is 165 cm³/mol. The molecule has 3 aromatic rings. The van der Waals surface area contributed by atoms with Crippen molar-refractivity contribution in [2.24, 2.45) is 5.11 Å². The highest BCUT2D eigenvalue weighted by Crippen LogP contribution is 2.31. The summed E-state index contributed by atoms with van der Waals surface area (Å²) >= 11 is 0. The van der Waals surface area contributed by atoms with Crippen molar-refractivity contribution >= 4 is 17.7 Å². The molecule has 0 radical (unpaired) electrons. The number of rotatable bonds is 16. The van der Waals surface area contributed by atoms with Gasteiger partial charge in [0.25, 0.3) is 0 Å². The zero-order valence-corrected chi connectivity index (χ0v) is 25.7. The Hall–Kier alpha value is -4.58. The van der Waals surface area contributed by atoms with Crippen LogP contribution in [0.2, 0.25) is 0 Å². The number of Topliss-reactive ketones (excluding diaryl/α,β-unsaturated/α-hetero) is 1. The van der Waals surface area contributed by atoms with Gasteiger partial charge in [0.1, 0.15) is 30.7 Å². The van der Waals surface area contributed by atoms with Crippen molar-refractivity contribution < 1.29 is 42.8 Å². The van der Waals surface area contributed by atoms with E-state index in [-0.39, 0.29) is 50.6 Å². The Kier molecular flexibility index (Phi) is 13.3. The Morgan fingerprint density at radius 1 is 0.826 bits per heavy atom. The van der Waals surface area contributed by atoms with Crippen LogP contribution in [0.5, 0.6) is 0 Å². The molecule has 0 bridgehead atoms. The van der Waals surface area contributed by atoms with Gasteiger partial charge in [0.2, 0.25) is 0 Å². The molecular weight excluding hydrogens is 594 g/mol. The summed E-state index contributed by atoms with van der Waals surface area (Å²) in [6.45, 7) is 1.41. The average molecular weight is 632 g/mol. The molecule has 1 saturated heterocycles. The number of carbonyl (C=O) groups excluding carboxylic acids is 3. The molecule has 0 aromatic heterocycles. The summed E-state index contributed by atoms with van der Waals surface area (Å²) in [6.07, 6.45) is -5.02. The Morgan fingerprint density at radius 3 is 2.04 bits per heavy atom. The molecule has 0 amide bonds. The van der Waals surface area contributed by atoms with Gasteiger partial charge in [0, 0.05) is 18.4 Å². The molecule has 12 heteroatoms. The number of hydrogen-bond donors (Lipinski definition) is 0. The minimum atomic E-state index is -1.11. The molecule has 12 nitrogen and oxygen atoms in total. The highest BCUT2D eigenvalue weighted by molar-refractivity contribution is 5.91. The van der Waals surface area contributed by atoms with Crippen LogP contribution in [0.1, 0.15) is 46.8 Å². The van der Waals surface area contributed by atoms with Crippen LogP contribution < -0.4 is 0 Å². The van der Waals surface area contributed by atoms with Gasteiger partial charge < -0.3 is 33.2 Å². The lowest BCUT2D eigenvalue weighted by Crippen LogP contribution is -2.62. The molecular formula is C34H37N3O9. The van der Waals surface area contributed by atoms with E-state index in [0.717, 1.165) is 11.1 Å². The van der Waals surface area contributed by atoms with Crippen molar-refractivity contribution in [3.63, 3.8) is 0 Å². The minimum absolute atomic E-state index is 0.0211. The van der Waals surface area contributed by atoms with Crippen molar-refractivity contribution in [3.8, 4) is 0 Å². The second kappa shape index (κ2) is 17.8. The van der Waals surface area contributed by atoms with Crippen LogP contribution in [0.4, 0.5) is 0 Å². The largest absolute Gasteiger partial charge is 0.459 e. The molecule has 1 aliphatic heterocycles. The molecule has 46 heavy (non-hydrogen) atoms. The summed E-state index contributed by atoms with van der Waals surface area (Å²) in [5.74, 6) is -1.42. The van der Waals surface area contributed by atoms with Crippen molar-refractivity contribution in [1.29, 1.82) is 0 Å². The number of benzene rings is 3. The van der Waals surface area contributed by atoms with E-state index in [1.165, 1.54) is 14.0 Å². The zero-order valence-electron chi connectivity index (χ0n) is 25.7. The second-order valence-electron chi connectivity index (χ2n) is 10.6. The first-order valence-corrected chi connectivity index (χ1v) is 14.8. The van der Waals surface area contributed by atoms with Gasteiger partial charge in [-0.05, 0) is 35.2 Å². The molecule has 5 atom stereocenters. The fourth-order valence-electron chi connectivity index (χ4n) is 4.94. The topological polar surface area (TPSA) is 155 Å². The Labute approximate surface area is 267 Å². The van der Waals surface area contributed by atoms with Gasteiger partial charge in [-0.1, -0.05) is 84.0 Å². The molecule has 0 aliphatic carbocycles. The van der Waals surface area contributed by atoms with Gasteiger partial charge in [-0.25, -0.2) is 4.79 Å². The maximum absolute atomic E-state index is 13.2. The standard InChI is InChI=1S/C34H37N3O9/c1-23(38)17-18-29(39)46-32-31(43-21-25-13-7-4-8-14-25)30(42-20-24-11-5-3-6-12-24)28(45-34(32)41-2)22-44-33(40)27-16-10-9-15-26(27)19-36-37-35/h3-16,28,30-32,34H,17-22H2,1-2H3/t28-,30-,31+,32-,34-/m1/s1. The minimum Gasteiger partial charge on any atom is -0.459 e. The van der Waals surface area contributed by atoms with Crippen LogP contribution in [0.15, 0.2) is 90.0 Å². The van der Waals surface area contributed by atoms with Crippen molar-refractivity contribution in [2.75, 3.05) is 13.7 Å². The normalized spacial score (nSPS) is 20.7. The number of ether oxygens (including phenoxy) is 6. The number of carbonyl (C=O) groups is 3. The first-order chi connectivity index (χ1) is 22.4. The molecule has 1 aliphatic rings. The predicted octanol–water partition coefficient (Wildman–Crippen LogP) is 5.48. The van der Waals surface area contributed by atoms with Gasteiger partial charge in [-0.15, -0.1) is 0 Å². The lowest BCUT2D eigenvalue weighted by atomic mass is 9.97. The monoisotopic (exact) mass is 631 g/mol. The number of methoxy groups -OCH3 is 1. The smallest absolute Gasteiger partial charge is 0.338 e. The van der Waals surface area contributed by atoms with Crippen molar-refractivity contribution in [2.45, 2.75) is 70.2 Å². The van der Waals surface area contributed by atoms with E-state index in [4.69, 9.17) is 34.0 Å². The van der Waals surface area contributed by atoms with E-state index < -0.39 is 42.6 Å². The summed E-state index contributed by atoms with van der Waals surface area (Å²) in [4.78, 5) is 40.4. The Balaban J connectivity index is 1.62. The fraction of sp³-hybridized carbons (Fsp3) is 0.382. The van der Waals surface area contributed by atoms with Crippen LogP contribution in [-0.4, -0.2) is 62.1 Å². The van der Waals surface area contributed by atoms with E-state index >= 15 is 0 Å². The number of azide groups is 1. The lowest BCUT2D eigenvalue weighted by Gasteiger charge is -2.45. The second-order valence-corrected chi connectivity index (χ2v) is 10.6. The average Bonchev–Trinajstić information content (AvgIpc) is 3.08. The summed E-state index contributed by atoms with van der Waals surface area (Å²) in [5.41, 5.74) is 11.2. The van der Waals surface area contributed by atoms with Gasteiger partial charge in [-0.2, -0.15) is 0 Å². The molecule has 3 aromatic carbocycles. The molecule has 1 fully saturated rings. The third-order valence-electron chi connectivity index (χ3n) is 7.26. The van der Waals surface area contributed by atoms with Crippen LogP contribution in [0.3, 0.4) is 0 Å². The Bertz CT molecular complexity index is 1480. The van der Waals surface area contributed by atoms with Crippen molar-refractivity contribution in [1.82, 2.24) is 0 Å². The fourth-order valence-corrected chi connectivity index (χ4v) is 4.94. The van der Waals surface area contributed by atoms with E-state index in [1.807, 2.05) is 60.7 Å². The van der Waals surface area contributed by atoms with E-state index in [2.05, 4.69) is 10.0 Å². The molecule has 0 unspecified atom stereocenters. The van der Waals surface area contributed by atoms with Gasteiger partial charge in [-0.3, -0.25) is 4.79 Å². The number of ketones is 1. The summed E-state index contributed by atoms with van der Waals surface area (Å²) < 4.78 is 36.2. The van der Waals surface area contributed by atoms with E-state index in [9.17, 15) is 14.4 Å². The third kappa shape index (κ3) is 9.96. The van der Waals surface area contributed by atoms with Gasteiger partial charge >= 0.3 is 11.9 Å². The summed E-state index contributed by atoms with van der Waals surface area (Å²) in [5, 5.41) is 3.57. The summed E-state index contributed by atoms with van der Waals surface area (Å²) in [7, 11) is 1.40. The third-order valence-corrected chi connectivity index (χ3v) is 7.26. The lowest BCUT2D eigenvalue weighted by molar-refractivity contribution is -0.313. The highest BCUT2D eigenvalue weighted by Gasteiger charge is 2.50. The number of esters is 2. The van der Waals surface area contributed by atoms with E-state index in [0.29, 0.717) is 5.56 Å². The molecule has 242 valence electrons. The maximum atomic E-state index is 13.2. The number of nitrogens with zero attached hydrogens (tertiary/aromatic N) is 3. The van der Waals surface area contributed by atoms with Gasteiger partial charge in [0.05, 0.1) is 31.7 Å². The van der Waals surface area contributed by atoms with Crippen LogP contribution in [-0.2, 0) is 57.8 Å². The van der Waals surface area contributed by atoms with Crippen LogP contribution in [0, 0.1) is 0 Å². The number of hydrogen-bond acceptors (Lipinski definition) is 10. The molecule has 4 rings (SSSR count). The van der Waals surface area contributed by atoms with Crippen LogP contribution in [0.25, 0.3) is 10.4 Å². The first-order valence-electron chi connectivity index (χ1n) is 14.8. The van der Waals surface area contributed by atoms with E-state index in [1.54, 1.807) is 24.3 Å².